The lowest BCUT2D eigenvalue weighted by Crippen LogP contribution is -2.61. The van der Waals surface area contributed by atoms with Crippen LogP contribution in [0, 0.1) is 47.3 Å². The van der Waals surface area contributed by atoms with E-state index in [9.17, 15) is 0 Å². The SMILES string of the molecule is Cl.ClC1CCCC2C3NC4NC(NC5NC(NC6NC(NC(N3)C12)C1CCCCC61)C1CCCCC51)C1CCCCC41.[AlH3]. The zero-order valence-electron chi connectivity index (χ0n) is 25.2. The molecule has 8 bridgehead atoms. The van der Waals surface area contributed by atoms with Gasteiger partial charge in [-0.25, -0.2) is 0 Å². The Hall–Kier alpha value is 0.792. The van der Waals surface area contributed by atoms with Crippen molar-refractivity contribution in [3.8, 4) is 0 Å². The number of nitrogens with one attached hydrogen (secondary N) is 8. The van der Waals surface area contributed by atoms with Gasteiger partial charge in [0.1, 0.15) is 0 Å². The van der Waals surface area contributed by atoms with Crippen LogP contribution in [0.25, 0.3) is 0 Å². The van der Waals surface area contributed by atoms with E-state index in [-0.39, 0.29) is 41.3 Å². The molecular formula is C32H59AlCl2N8. The molecule has 8 N–H and O–H groups in total. The zero-order valence-corrected chi connectivity index (χ0v) is 26.8. The van der Waals surface area contributed by atoms with Crippen molar-refractivity contribution in [2.75, 3.05) is 0 Å². The first kappa shape index (κ1) is 32.3. The molecule has 5 heterocycles. The maximum Gasteiger partial charge on any atom is 0.187 e. The van der Waals surface area contributed by atoms with Gasteiger partial charge >= 0.3 is 0 Å². The van der Waals surface area contributed by atoms with E-state index in [4.69, 9.17) is 11.6 Å². The lowest BCUT2D eigenvalue weighted by atomic mass is 9.76. The average molecular weight is 654 g/mol. The Labute approximate surface area is 281 Å². The molecule has 0 spiro atoms. The van der Waals surface area contributed by atoms with Crippen molar-refractivity contribution in [2.45, 2.75) is 151 Å². The van der Waals surface area contributed by atoms with Crippen molar-refractivity contribution in [3.63, 3.8) is 0 Å². The molecular weight excluding hydrogens is 594 g/mol. The van der Waals surface area contributed by atoms with Gasteiger partial charge in [0.25, 0.3) is 0 Å². The summed E-state index contributed by atoms with van der Waals surface area (Å²) in [6.07, 6.45) is 22.9. The molecule has 0 aromatic carbocycles. The number of hydrogen-bond acceptors (Lipinski definition) is 8. The molecule has 0 aromatic heterocycles. The summed E-state index contributed by atoms with van der Waals surface area (Å²) in [4.78, 5) is 0. The fourth-order valence-electron chi connectivity index (χ4n) is 12.0. The molecule has 9 aliphatic rings. The van der Waals surface area contributed by atoms with Crippen LogP contribution in [0.3, 0.4) is 0 Å². The highest BCUT2D eigenvalue weighted by molar-refractivity contribution is 6.20. The second-order valence-corrected chi connectivity index (χ2v) is 16.2. The summed E-state index contributed by atoms with van der Waals surface area (Å²) in [5.74, 6) is 5.34. The van der Waals surface area contributed by atoms with Crippen molar-refractivity contribution in [1.29, 1.82) is 0 Å². The van der Waals surface area contributed by atoms with Gasteiger partial charge in [-0.05, 0) is 92.8 Å². The maximum atomic E-state index is 7.19. The second kappa shape index (κ2) is 13.4. The van der Waals surface area contributed by atoms with E-state index in [0.29, 0.717) is 78.7 Å². The molecule has 0 amide bonds. The molecule has 4 saturated carbocycles. The van der Waals surface area contributed by atoms with Gasteiger partial charge in [-0.3, -0.25) is 42.5 Å². The summed E-state index contributed by atoms with van der Waals surface area (Å²) >= 11 is 7.19. The van der Waals surface area contributed by atoms with Gasteiger partial charge in [0.2, 0.25) is 0 Å². The van der Waals surface area contributed by atoms with Gasteiger partial charge in [0.15, 0.2) is 17.4 Å². The van der Waals surface area contributed by atoms with Crippen LogP contribution in [-0.4, -0.2) is 72.1 Å². The minimum absolute atomic E-state index is 0. The fraction of sp³-hybridized carbons (Fsp3) is 1.00. The zero-order chi connectivity index (χ0) is 27.1. The molecule has 4 aliphatic carbocycles. The first-order chi connectivity index (χ1) is 20.2. The first-order valence-corrected chi connectivity index (χ1v) is 18.4. The molecule has 244 valence electrons. The molecule has 0 radical (unpaired) electrons. The van der Waals surface area contributed by atoms with Gasteiger partial charge in [0, 0.05) is 11.3 Å². The topological polar surface area (TPSA) is 96.2 Å². The number of rotatable bonds is 0. The molecule has 17 atom stereocenters. The van der Waals surface area contributed by atoms with Crippen molar-refractivity contribution in [1.82, 2.24) is 42.5 Å². The van der Waals surface area contributed by atoms with Crippen LogP contribution in [0.2, 0.25) is 0 Å². The molecule has 11 heteroatoms. The van der Waals surface area contributed by atoms with Gasteiger partial charge in [0.05, 0.1) is 49.3 Å². The Kier molecular flexibility index (Phi) is 10.1. The normalized spacial score (nSPS) is 55.6. The standard InChI is InChI=1S/C32H55ClN8.Al.ClH.3H/c33-23-15-7-14-22-24(23)32-40-30-21-13-6-5-12-20(21)28(38-30)36-26-17-9-2-1-8-16(17)25(34-26)35-27-18-10-3-4-11-19(18)29(37-27)39-31(22)41-32;;;;;/h16-32,34-41H,1-15H2;;1H;;;. The Morgan fingerprint density at radius 1 is 0.326 bits per heavy atom. The van der Waals surface area contributed by atoms with Crippen molar-refractivity contribution >= 4 is 41.4 Å². The molecule has 43 heavy (non-hydrogen) atoms. The van der Waals surface area contributed by atoms with Gasteiger partial charge in [-0.1, -0.05) is 44.9 Å². The van der Waals surface area contributed by atoms with Crippen LogP contribution >= 0.6 is 24.0 Å². The quantitative estimate of drug-likeness (QED) is 0.149. The lowest BCUT2D eigenvalue weighted by Gasteiger charge is -2.37. The van der Waals surface area contributed by atoms with Crippen LogP contribution in [0.1, 0.15) is 96.3 Å². The van der Waals surface area contributed by atoms with E-state index >= 15 is 0 Å². The molecule has 9 rings (SSSR count). The van der Waals surface area contributed by atoms with Gasteiger partial charge in [-0.15, -0.1) is 24.0 Å². The highest BCUT2D eigenvalue weighted by Crippen LogP contribution is 2.46. The summed E-state index contributed by atoms with van der Waals surface area (Å²) in [6, 6.07) is 0. The third-order valence-electron chi connectivity index (χ3n) is 13.8. The van der Waals surface area contributed by atoms with E-state index in [1.807, 2.05) is 0 Å². The third kappa shape index (κ3) is 5.70. The van der Waals surface area contributed by atoms with E-state index in [0.717, 1.165) is 18.3 Å². The summed E-state index contributed by atoms with van der Waals surface area (Å²) in [5, 5.41) is 33.8. The Morgan fingerprint density at radius 3 is 0.907 bits per heavy atom. The highest BCUT2D eigenvalue weighted by atomic mass is 35.5. The monoisotopic (exact) mass is 652 g/mol. The summed E-state index contributed by atoms with van der Waals surface area (Å²) in [6.45, 7) is 0. The van der Waals surface area contributed by atoms with Crippen LogP contribution in [0.15, 0.2) is 0 Å². The Balaban J connectivity index is 0.00000150. The predicted molar refractivity (Wildman–Crippen MR) is 179 cm³/mol. The summed E-state index contributed by atoms with van der Waals surface area (Å²) in [7, 11) is 0. The third-order valence-corrected chi connectivity index (χ3v) is 14.3. The smallest absolute Gasteiger partial charge is 0.187 e. The van der Waals surface area contributed by atoms with Gasteiger partial charge in [-0.2, -0.15) is 0 Å². The lowest BCUT2D eigenvalue weighted by molar-refractivity contribution is 0.168. The summed E-state index contributed by atoms with van der Waals surface area (Å²) in [5.41, 5.74) is 0. The average Bonchev–Trinajstić information content (AvgIpc) is 3.73. The van der Waals surface area contributed by atoms with Crippen molar-refractivity contribution < 1.29 is 0 Å². The van der Waals surface area contributed by atoms with Gasteiger partial charge < -0.3 is 0 Å². The van der Waals surface area contributed by atoms with Crippen LogP contribution < -0.4 is 42.5 Å². The molecule has 0 aromatic rings. The van der Waals surface area contributed by atoms with Crippen LogP contribution in [0.4, 0.5) is 0 Å². The molecule has 17 unspecified atom stereocenters. The van der Waals surface area contributed by atoms with Crippen LogP contribution in [0.5, 0.6) is 0 Å². The van der Waals surface area contributed by atoms with Crippen molar-refractivity contribution in [2.24, 2.45) is 47.3 Å². The predicted octanol–water partition coefficient (Wildman–Crippen LogP) is 2.06. The highest BCUT2D eigenvalue weighted by Gasteiger charge is 2.55. The fourth-order valence-corrected chi connectivity index (χ4v) is 12.5. The Bertz CT molecular complexity index is 964. The molecule has 5 aliphatic heterocycles. The largest absolute Gasteiger partial charge is 0.286 e. The number of fused-ring (bicyclic) bond motifs is 20. The van der Waals surface area contributed by atoms with E-state index < -0.39 is 0 Å². The minimum Gasteiger partial charge on any atom is -0.286 e. The molecule has 9 fully saturated rings. The first-order valence-electron chi connectivity index (χ1n) is 17.9. The number of hydrogen-bond donors (Lipinski definition) is 8. The van der Waals surface area contributed by atoms with E-state index in [2.05, 4.69) is 42.5 Å². The number of alkyl halides is 1. The van der Waals surface area contributed by atoms with Crippen LogP contribution in [-0.2, 0) is 0 Å². The minimum atomic E-state index is 0. The number of halogens is 2. The maximum absolute atomic E-state index is 7.19. The Morgan fingerprint density at radius 2 is 0.581 bits per heavy atom. The summed E-state index contributed by atoms with van der Waals surface area (Å²) < 4.78 is 0. The van der Waals surface area contributed by atoms with E-state index in [1.54, 1.807) is 0 Å². The molecule has 8 nitrogen and oxygen atoms in total. The second-order valence-electron chi connectivity index (χ2n) is 15.7. The molecule has 5 saturated heterocycles. The van der Waals surface area contributed by atoms with E-state index in [1.165, 1.54) is 89.9 Å². The van der Waals surface area contributed by atoms with Crippen molar-refractivity contribution in [3.05, 3.63) is 0 Å².